The van der Waals surface area contributed by atoms with E-state index in [0.717, 1.165) is 29.4 Å². The van der Waals surface area contributed by atoms with E-state index in [0.29, 0.717) is 6.04 Å². The maximum Gasteiger partial charge on any atom is 0.0423 e. The van der Waals surface area contributed by atoms with Gasteiger partial charge in [0, 0.05) is 16.1 Å². The van der Waals surface area contributed by atoms with Crippen molar-refractivity contribution in [1.29, 1.82) is 0 Å². The predicted molar refractivity (Wildman–Crippen MR) is 72.5 cm³/mol. The molecule has 1 rings (SSSR count). The average Bonchev–Trinajstić information content (AvgIpc) is 2.15. The van der Waals surface area contributed by atoms with Crippen molar-refractivity contribution in [3.8, 4) is 0 Å². The van der Waals surface area contributed by atoms with Crippen molar-refractivity contribution >= 4 is 23.2 Å². The third-order valence-electron chi connectivity index (χ3n) is 2.37. The number of hydrogen-bond donors (Lipinski definition) is 1. The Balaban J connectivity index is 2.26. The zero-order valence-electron chi connectivity index (χ0n) is 9.89. The van der Waals surface area contributed by atoms with Gasteiger partial charge < -0.3 is 5.32 Å². The summed E-state index contributed by atoms with van der Waals surface area (Å²) in [5.41, 5.74) is 1.22. The minimum Gasteiger partial charge on any atom is -0.315 e. The van der Waals surface area contributed by atoms with E-state index < -0.39 is 0 Å². The van der Waals surface area contributed by atoms with E-state index in [1.165, 1.54) is 12.0 Å². The van der Waals surface area contributed by atoms with E-state index in [4.69, 9.17) is 23.2 Å². The van der Waals surface area contributed by atoms with E-state index in [1.54, 1.807) is 6.07 Å². The van der Waals surface area contributed by atoms with Gasteiger partial charge in [-0.05, 0) is 49.6 Å². The zero-order chi connectivity index (χ0) is 12.0. The first-order valence-electron chi connectivity index (χ1n) is 5.76. The van der Waals surface area contributed by atoms with Crippen LogP contribution in [0.15, 0.2) is 18.2 Å². The minimum absolute atomic E-state index is 0.570. The lowest BCUT2D eigenvalue weighted by Crippen LogP contribution is -2.23. The average molecular weight is 260 g/mol. The van der Waals surface area contributed by atoms with E-state index in [9.17, 15) is 0 Å². The van der Waals surface area contributed by atoms with Gasteiger partial charge in [0.25, 0.3) is 0 Å². The van der Waals surface area contributed by atoms with Crippen LogP contribution in [0.5, 0.6) is 0 Å². The molecule has 0 saturated heterocycles. The highest BCUT2D eigenvalue weighted by Crippen LogP contribution is 2.20. The van der Waals surface area contributed by atoms with Crippen molar-refractivity contribution in [3.63, 3.8) is 0 Å². The van der Waals surface area contributed by atoms with Gasteiger partial charge in [0.2, 0.25) is 0 Å². The molecule has 1 N–H and O–H groups in total. The summed E-state index contributed by atoms with van der Waals surface area (Å²) in [6.45, 7) is 5.40. The second-order valence-corrected chi connectivity index (χ2v) is 5.22. The number of benzene rings is 1. The number of aryl methyl sites for hydroxylation is 1. The lowest BCUT2D eigenvalue weighted by Gasteiger charge is -2.07. The summed E-state index contributed by atoms with van der Waals surface area (Å²) in [6, 6.07) is 6.32. The summed E-state index contributed by atoms with van der Waals surface area (Å²) >= 11 is 11.9. The Labute approximate surface area is 108 Å². The fraction of sp³-hybridized carbons (Fsp3) is 0.538. The summed E-state index contributed by atoms with van der Waals surface area (Å²) in [4.78, 5) is 0. The van der Waals surface area contributed by atoms with Crippen LogP contribution in [0.25, 0.3) is 0 Å². The van der Waals surface area contributed by atoms with E-state index in [2.05, 4.69) is 19.2 Å². The normalized spacial score (nSPS) is 11.1. The first-order chi connectivity index (χ1) is 7.58. The highest BCUT2D eigenvalue weighted by Gasteiger charge is 1.99. The molecule has 0 bridgehead atoms. The fourth-order valence-corrected chi connectivity index (χ4v) is 2.17. The van der Waals surface area contributed by atoms with Gasteiger partial charge in [-0.1, -0.05) is 37.0 Å². The number of hydrogen-bond acceptors (Lipinski definition) is 1. The van der Waals surface area contributed by atoms with E-state index in [-0.39, 0.29) is 0 Å². The number of rotatable bonds is 6. The highest BCUT2D eigenvalue weighted by molar-refractivity contribution is 6.34. The van der Waals surface area contributed by atoms with Crippen molar-refractivity contribution in [1.82, 2.24) is 5.32 Å². The SMILES string of the molecule is CC(C)NCCCCc1cc(Cl)cc(Cl)c1. The van der Waals surface area contributed by atoms with Crippen molar-refractivity contribution < 1.29 is 0 Å². The zero-order valence-corrected chi connectivity index (χ0v) is 11.4. The number of halogens is 2. The van der Waals surface area contributed by atoms with Crippen LogP contribution >= 0.6 is 23.2 Å². The molecule has 1 nitrogen and oxygen atoms in total. The van der Waals surface area contributed by atoms with Crippen molar-refractivity contribution in [2.24, 2.45) is 0 Å². The van der Waals surface area contributed by atoms with Gasteiger partial charge in [-0.3, -0.25) is 0 Å². The molecule has 0 aliphatic rings. The van der Waals surface area contributed by atoms with E-state index >= 15 is 0 Å². The first kappa shape index (κ1) is 13.8. The summed E-state index contributed by atoms with van der Waals surface area (Å²) < 4.78 is 0. The predicted octanol–water partition coefficient (Wildman–Crippen LogP) is 4.31. The topological polar surface area (TPSA) is 12.0 Å². The molecule has 90 valence electrons. The maximum absolute atomic E-state index is 5.93. The lowest BCUT2D eigenvalue weighted by molar-refractivity contribution is 0.557. The molecule has 0 unspecified atom stereocenters. The van der Waals surface area contributed by atoms with Crippen molar-refractivity contribution in [3.05, 3.63) is 33.8 Å². The Morgan fingerprint density at radius 3 is 2.25 bits per heavy atom. The molecule has 1 aromatic rings. The summed E-state index contributed by atoms with van der Waals surface area (Å²) in [5.74, 6) is 0. The number of unbranched alkanes of at least 4 members (excludes halogenated alkanes) is 1. The van der Waals surface area contributed by atoms with Gasteiger partial charge in [0.1, 0.15) is 0 Å². The molecular weight excluding hydrogens is 241 g/mol. The van der Waals surface area contributed by atoms with Crippen LogP contribution < -0.4 is 5.32 Å². The summed E-state index contributed by atoms with van der Waals surface area (Å²) in [6.07, 6.45) is 3.39. The molecule has 0 radical (unpaired) electrons. The van der Waals surface area contributed by atoms with Crippen LogP contribution in [0, 0.1) is 0 Å². The molecule has 3 heteroatoms. The van der Waals surface area contributed by atoms with Crippen LogP contribution in [-0.2, 0) is 6.42 Å². The summed E-state index contributed by atoms with van der Waals surface area (Å²) in [7, 11) is 0. The maximum atomic E-state index is 5.93. The van der Waals surface area contributed by atoms with E-state index in [1.807, 2.05) is 12.1 Å². The lowest BCUT2D eigenvalue weighted by atomic mass is 10.1. The highest BCUT2D eigenvalue weighted by atomic mass is 35.5. The van der Waals surface area contributed by atoms with Crippen molar-refractivity contribution in [2.45, 2.75) is 39.2 Å². The van der Waals surface area contributed by atoms with Gasteiger partial charge in [-0.25, -0.2) is 0 Å². The molecule has 0 aliphatic heterocycles. The second-order valence-electron chi connectivity index (χ2n) is 4.34. The van der Waals surface area contributed by atoms with Gasteiger partial charge in [0.05, 0.1) is 0 Å². The van der Waals surface area contributed by atoms with Gasteiger partial charge in [-0.2, -0.15) is 0 Å². The first-order valence-corrected chi connectivity index (χ1v) is 6.52. The smallest absolute Gasteiger partial charge is 0.0423 e. The fourth-order valence-electron chi connectivity index (χ4n) is 1.60. The Bertz CT molecular complexity index is 303. The molecule has 0 spiro atoms. The Morgan fingerprint density at radius 1 is 1.06 bits per heavy atom. The van der Waals surface area contributed by atoms with Crippen LogP contribution in [0.1, 0.15) is 32.3 Å². The Hall–Kier alpha value is -0.240. The number of nitrogens with one attached hydrogen (secondary N) is 1. The third kappa shape index (κ3) is 5.74. The van der Waals surface area contributed by atoms with Crippen LogP contribution in [0.2, 0.25) is 10.0 Å². The Morgan fingerprint density at radius 2 is 1.69 bits per heavy atom. The van der Waals surface area contributed by atoms with Crippen LogP contribution in [-0.4, -0.2) is 12.6 Å². The summed E-state index contributed by atoms with van der Waals surface area (Å²) in [5, 5.41) is 4.85. The Kier molecular flexibility index (Phi) is 6.18. The largest absolute Gasteiger partial charge is 0.315 e. The van der Waals surface area contributed by atoms with Crippen LogP contribution in [0.4, 0.5) is 0 Å². The molecule has 0 saturated carbocycles. The van der Waals surface area contributed by atoms with Crippen LogP contribution in [0.3, 0.4) is 0 Å². The van der Waals surface area contributed by atoms with Gasteiger partial charge >= 0.3 is 0 Å². The molecule has 0 fully saturated rings. The molecule has 0 aromatic heterocycles. The molecule has 16 heavy (non-hydrogen) atoms. The van der Waals surface area contributed by atoms with Gasteiger partial charge in [0.15, 0.2) is 0 Å². The minimum atomic E-state index is 0.570. The molecule has 0 aliphatic carbocycles. The quantitative estimate of drug-likeness (QED) is 0.751. The standard InChI is InChI=1S/C13H19Cl2N/c1-10(2)16-6-4-3-5-11-7-12(14)9-13(15)8-11/h7-10,16H,3-6H2,1-2H3. The third-order valence-corrected chi connectivity index (χ3v) is 2.80. The molecule has 1 aromatic carbocycles. The molecule has 0 heterocycles. The van der Waals surface area contributed by atoms with Gasteiger partial charge in [-0.15, -0.1) is 0 Å². The molecular formula is C13H19Cl2N. The molecule has 0 atom stereocenters. The van der Waals surface area contributed by atoms with Crippen molar-refractivity contribution in [2.75, 3.05) is 6.54 Å². The molecule has 0 amide bonds. The monoisotopic (exact) mass is 259 g/mol. The second kappa shape index (κ2) is 7.16.